The molecule has 2 heterocycles. The number of aromatic nitrogens is 1. The molecule has 0 amide bonds. The van der Waals surface area contributed by atoms with E-state index in [-0.39, 0.29) is 11.9 Å². The van der Waals surface area contributed by atoms with Crippen LogP contribution in [0.4, 0.5) is 0 Å². The first-order valence-corrected chi connectivity index (χ1v) is 6.41. The summed E-state index contributed by atoms with van der Waals surface area (Å²) in [5, 5.41) is 0. The van der Waals surface area contributed by atoms with Crippen molar-refractivity contribution in [2.75, 3.05) is 13.2 Å². The first kappa shape index (κ1) is 13.0. The molecule has 1 aliphatic heterocycles. The molecule has 0 N–H and O–H groups in total. The Morgan fingerprint density at radius 1 is 1.56 bits per heavy atom. The lowest BCUT2D eigenvalue weighted by molar-refractivity contribution is 0.0522. The minimum Gasteiger partial charge on any atom is -0.462 e. The molecule has 0 radical (unpaired) electrons. The van der Waals surface area contributed by atoms with E-state index in [4.69, 9.17) is 9.47 Å². The Morgan fingerprint density at radius 2 is 2.33 bits per heavy atom. The summed E-state index contributed by atoms with van der Waals surface area (Å²) in [6.45, 7) is 7.50. The maximum absolute atomic E-state index is 12.0. The molecule has 98 valence electrons. The van der Waals surface area contributed by atoms with Crippen LogP contribution in [0.1, 0.15) is 54.0 Å². The van der Waals surface area contributed by atoms with E-state index in [9.17, 15) is 4.79 Å². The molecule has 1 aromatic heterocycles. The monoisotopic (exact) mass is 249 g/mol. The largest absolute Gasteiger partial charge is 0.462 e. The third kappa shape index (κ3) is 2.53. The van der Waals surface area contributed by atoms with Crippen molar-refractivity contribution < 1.29 is 14.3 Å². The van der Waals surface area contributed by atoms with E-state index in [0.717, 1.165) is 23.4 Å². The number of esters is 1. The summed E-state index contributed by atoms with van der Waals surface area (Å²) in [4.78, 5) is 16.6. The van der Waals surface area contributed by atoms with Crippen LogP contribution in [0.2, 0.25) is 0 Å². The fraction of sp³-hybridized carbons (Fsp3) is 0.571. The quantitative estimate of drug-likeness (QED) is 0.772. The summed E-state index contributed by atoms with van der Waals surface area (Å²) >= 11 is 0. The van der Waals surface area contributed by atoms with Gasteiger partial charge in [-0.3, -0.25) is 4.98 Å². The minimum atomic E-state index is -0.290. The van der Waals surface area contributed by atoms with E-state index in [1.807, 2.05) is 26.8 Å². The average Bonchev–Trinajstić information content (AvgIpc) is 2.37. The van der Waals surface area contributed by atoms with E-state index in [2.05, 4.69) is 4.98 Å². The van der Waals surface area contributed by atoms with Crippen LogP contribution in [-0.2, 0) is 22.5 Å². The van der Waals surface area contributed by atoms with Gasteiger partial charge in [0, 0.05) is 17.7 Å². The third-order valence-electron chi connectivity index (χ3n) is 3.00. The highest BCUT2D eigenvalue weighted by molar-refractivity contribution is 5.91. The van der Waals surface area contributed by atoms with Crippen molar-refractivity contribution >= 4 is 5.97 Å². The number of ether oxygens (including phenoxy) is 2. The Bertz CT molecular complexity index is 455. The van der Waals surface area contributed by atoms with Crippen molar-refractivity contribution in [1.29, 1.82) is 0 Å². The number of rotatable bonds is 3. The van der Waals surface area contributed by atoms with Crippen molar-refractivity contribution in [3.05, 3.63) is 28.6 Å². The molecule has 2 rings (SSSR count). The van der Waals surface area contributed by atoms with Crippen molar-refractivity contribution in [1.82, 2.24) is 4.98 Å². The second kappa shape index (κ2) is 5.48. The fourth-order valence-corrected chi connectivity index (χ4v) is 2.11. The summed E-state index contributed by atoms with van der Waals surface area (Å²) in [6, 6.07) is 1.88. The average molecular weight is 249 g/mol. The number of hydrogen-bond donors (Lipinski definition) is 0. The second-order valence-corrected chi connectivity index (χ2v) is 4.70. The lowest BCUT2D eigenvalue weighted by Crippen LogP contribution is -2.18. The molecule has 4 heteroatoms. The van der Waals surface area contributed by atoms with Crippen LogP contribution >= 0.6 is 0 Å². The number of nitrogens with zero attached hydrogens (tertiary/aromatic N) is 1. The molecule has 0 spiro atoms. The van der Waals surface area contributed by atoms with Crippen LogP contribution in [0.5, 0.6) is 0 Å². The van der Waals surface area contributed by atoms with Crippen LogP contribution in [0.15, 0.2) is 6.07 Å². The summed E-state index contributed by atoms with van der Waals surface area (Å²) in [5.41, 5.74) is 3.47. The zero-order chi connectivity index (χ0) is 13.1. The van der Waals surface area contributed by atoms with Gasteiger partial charge in [0.05, 0.1) is 31.1 Å². The van der Waals surface area contributed by atoms with E-state index in [1.54, 1.807) is 0 Å². The molecule has 1 aromatic rings. The van der Waals surface area contributed by atoms with E-state index >= 15 is 0 Å². The molecule has 0 unspecified atom stereocenters. The molecule has 4 nitrogen and oxygen atoms in total. The number of carbonyl (C=O) groups excluding carboxylic acids is 1. The zero-order valence-corrected chi connectivity index (χ0v) is 11.2. The van der Waals surface area contributed by atoms with Crippen molar-refractivity contribution in [2.24, 2.45) is 0 Å². The Hall–Kier alpha value is -1.42. The second-order valence-electron chi connectivity index (χ2n) is 4.70. The molecular weight excluding hydrogens is 230 g/mol. The Morgan fingerprint density at radius 3 is 3.00 bits per heavy atom. The minimum absolute atomic E-state index is 0.206. The summed E-state index contributed by atoms with van der Waals surface area (Å²) < 4.78 is 10.5. The fourth-order valence-electron chi connectivity index (χ4n) is 2.11. The molecule has 0 aromatic carbocycles. The molecule has 0 fully saturated rings. The number of carbonyl (C=O) groups is 1. The molecule has 0 atom stereocenters. The van der Waals surface area contributed by atoms with Crippen LogP contribution in [0.25, 0.3) is 0 Å². The predicted octanol–water partition coefficient (Wildman–Crippen LogP) is 2.45. The first-order chi connectivity index (χ1) is 8.63. The van der Waals surface area contributed by atoms with Gasteiger partial charge >= 0.3 is 5.97 Å². The number of fused-ring (bicyclic) bond motifs is 1. The lowest BCUT2D eigenvalue weighted by Gasteiger charge is -2.20. The van der Waals surface area contributed by atoms with Crippen LogP contribution in [0.3, 0.4) is 0 Å². The third-order valence-corrected chi connectivity index (χ3v) is 3.00. The summed E-state index contributed by atoms with van der Waals surface area (Å²) in [5.74, 6) is -0.0837. The summed E-state index contributed by atoms with van der Waals surface area (Å²) in [7, 11) is 0. The molecular formula is C14H19NO3. The highest BCUT2D eigenvalue weighted by Crippen LogP contribution is 2.24. The Balaban J connectivity index is 2.45. The molecule has 1 aliphatic rings. The lowest BCUT2D eigenvalue weighted by atomic mass is 9.99. The van der Waals surface area contributed by atoms with Gasteiger partial charge in [-0.05, 0) is 18.9 Å². The van der Waals surface area contributed by atoms with Gasteiger partial charge in [0.2, 0.25) is 0 Å². The van der Waals surface area contributed by atoms with E-state index < -0.39 is 0 Å². The maximum Gasteiger partial charge on any atom is 0.340 e. The van der Waals surface area contributed by atoms with Gasteiger partial charge in [0.25, 0.3) is 0 Å². The standard InChI is InChI=1S/C14H19NO3/c1-4-18-14(16)11-7-10-8-17-6-5-12(10)15-13(11)9(2)3/h7,9H,4-6,8H2,1-3H3. The van der Waals surface area contributed by atoms with Gasteiger partial charge < -0.3 is 9.47 Å². The van der Waals surface area contributed by atoms with Gasteiger partial charge in [0.15, 0.2) is 0 Å². The number of hydrogen-bond acceptors (Lipinski definition) is 4. The van der Waals surface area contributed by atoms with Crippen LogP contribution in [-0.4, -0.2) is 24.2 Å². The summed E-state index contributed by atoms with van der Waals surface area (Å²) in [6.07, 6.45) is 0.818. The molecule has 18 heavy (non-hydrogen) atoms. The topological polar surface area (TPSA) is 48.4 Å². The first-order valence-electron chi connectivity index (χ1n) is 6.41. The van der Waals surface area contributed by atoms with Crippen molar-refractivity contribution in [3.63, 3.8) is 0 Å². The normalized spacial score (nSPS) is 14.4. The Kier molecular flexibility index (Phi) is 3.97. The van der Waals surface area contributed by atoms with Gasteiger partial charge in [-0.2, -0.15) is 0 Å². The zero-order valence-electron chi connectivity index (χ0n) is 11.2. The van der Waals surface area contributed by atoms with E-state index in [0.29, 0.717) is 25.4 Å². The highest BCUT2D eigenvalue weighted by Gasteiger charge is 2.21. The van der Waals surface area contributed by atoms with Crippen molar-refractivity contribution in [3.8, 4) is 0 Å². The predicted molar refractivity (Wildman–Crippen MR) is 67.6 cm³/mol. The SMILES string of the molecule is CCOC(=O)c1cc2c(nc1C(C)C)CCOC2. The van der Waals surface area contributed by atoms with Gasteiger partial charge in [-0.15, -0.1) is 0 Å². The van der Waals surface area contributed by atoms with Gasteiger partial charge in [-0.1, -0.05) is 13.8 Å². The maximum atomic E-state index is 12.0. The molecule has 0 aliphatic carbocycles. The molecule has 0 saturated heterocycles. The Labute approximate surface area is 107 Å². The van der Waals surface area contributed by atoms with Crippen molar-refractivity contribution in [2.45, 2.75) is 39.7 Å². The van der Waals surface area contributed by atoms with E-state index in [1.165, 1.54) is 0 Å². The van der Waals surface area contributed by atoms with Crippen LogP contribution < -0.4 is 0 Å². The van der Waals surface area contributed by atoms with Crippen LogP contribution in [0, 0.1) is 0 Å². The molecule has 0 saturated carbocycles. The molecule has 0 bridgehead atoms. The van der Waals surface area contributed by atoms with Gasteiger partial charge in [0.1, 0.15) is 0 Å². The number of pyridine rings is 1. The van der Waals surface area contributed by atoms with Gasteiger partial charge in [-0.25, -0.2) is 4.79 Å². The smallest absolute Gasteiger partial charge is 0.340 e. The highest BCUT2D eigenvalue weighted by atomic mass is 16.5.